The van der Waals surface area contributed by atoms with Crippen LogP contribution in [0.5, 0.6) is 0 Å². The second kappa shape index (κ2) is 6.60. The van der Waals surface area contributed by atoms with Crippen molar-refractivity contribution in [2.45, 2.75) is 46.5 Å². The van der Waals surface area contributed by atoms with Crippen LogP contribution in [-0.2, 0) is 9.53 Å². The van der Waals surface area contributed by atoms with Gasteiger partial charge in [-0.25, -0.2) is 4.98 Å². The van der Waals surface area contributed by atoms with Gasteiger partial charge < -0.3 is 10.5 Å². The molecule has 0 bridgehead atoms. The second-order valence-corrected chi connectivity index (χ2v) is 9.01. The fourth-order valence-electron chi connectivity index (χ4n) is 4.27. The molecular weight excluding hydrogens is 386 g/mol. The normalized spacial score (nSPS) is 21.1. The van der Waals surface area contributed by atoms with Gasteiger partial charge in [0.1, 0.15) is 22.6 Å². The van der Waals surface area contributed by atoms with Crippen molar-refractivity contribution in [1.29, 1.82) is 5.26 Å². The standard InChI is InChI=1S/C23H22ClN3O2/c1-11-5-6-13-7-14(21(24)27-20(13)12(11)2)18-15(10-25)22(26)29-17-9-23(3,4)8-16(28)19(17)18/h5-7,18H,8-9,26H2,1-4H3/t18-/m0/s1. The number of carbonyl (C=O) groups excluding carboxylic acids is 1. The number of benzene rings is 1. The Kier molecular flexibility index (Phi) is 4.43. The van der Waals surface area contributed by atoms with Crippen molar-refractivity contribution in [3.05, 3.63) is 62.8 Å². The molecule has 1 atom stereocenters. The number of hydrogen-bond acceptors (Lipinski definition) is 5. The molecule has 1 aliphatic heterocycles. The molecule has 5 nitrogen and oxygen atoms in total. The number of ketones is 1. The van der Waals surface area contributed by atoms with Gasteiger partial charge in [-0.3, -0.25) is 4.79 Å². The lowest BCUT2D eigenvalue weighted by atomic mass is 9.70. The third-order valence-corrected chi connectivity index (χ3v) is 6.18. The zero-order valence-electron chi connectivity index (χ0n) is 16.9. The van der Waals surface area contributed by atoms with Gasteiger partial charge in [0.05, 0.1) is 11.4 Å². The minimum atomic E-state index is -0.668. The van der Waals surface area contributed by atoms with Gasteiger partial charge in [0.2, 0.25) is 5.88 Å². The molecule has 0 unspecified atom stereocenters. The van der Waals surface area contributed by atoms with E-state index in [0.29, 0.717) is 29.7 Å². The van der Waals surface area contributed by atoms with Crippen LogP contribution in [0.3, 0.4) is 0 Å². The van der Waals surface area contributed by atoms with Crippen LogP contribution in [0.2, 0.25) is 5.15 Å². The number of aryl methyl sites for hydroxylation is 2. The van der Waals surface area contributed by atoms with E-state index in [-0.39, 0.29) is 27.8 Å². The predicted octanol–water partition coefficient (Wildman–Crippen LogP) is 4.96. The zero-order valence-corrected chi connectivity index (χ0v) is 17.6. The van der Waals surface area contributed by atoms with E-state index in [4.69, 9.17) is 22.1 Å². The summed E-state index contributed by atoms with van der Waals surface area (Å²) in [4.78, 5) is 17.7. The van der Waals surface area contributed by atoms with Crippen molar-refractivity contribution < 1.29 is 9.53 Å². The Morgan fingerprint density at radius 1 is 1.31 bits per heavy atom. The number of ether oxygens (including phenoxy) is 1. The van der Waals surface area contributed by atoms with Crippen molar-refractivity contribution in [2.75, 3.05) is 0 Å². The van der Waals surface area contributed by atoms with Crippen molar-refractivity contribution in [2.24, 2.45) is 11.1 Å². The van der Waals surface area contributed by atoms with Gasteiger partial charge in [0.25, 0.3) is 0 Å². The summed E-state index contributed by atoms with van der Waals surface area (Å²) in [5.74, 6) is -0.155. The molecule has 4 rings (SSSR count). The number of pyridine rings is 1. The number of fused-ring (bicyclic) bond motifs is 1. The largest absolute Gasteiger partial charge is 0.444 e. The Morgan fingerprint density at radius 2 is 2.03 bits per heavy atom. The van der Waals surface area contributed by atoms with Gasteiger partial charge in [-0.1, -0.05) is 37.6 Å². The van der Waals surface area contributed by atoms with Gasteiger partial charge >= 0.3 is 0 Å². The topological polar surface area (TPSA) is 89.0 Å². The van der Waals surface area contributed by atoms with Crippen LogP contribution in [0.15, 0.2) is 41.0 Å². The summed E-state index contributed by atoms with van der Waals surface area (Å²) in [7, 11) is 0. The molecule has 1 aliphatic carbocycles. The molecule has 2 aromatic rings. The Bertz CT molecular complexity index is 1180. The van der Waals surface area contributed by atoms with E-state index in [1.165, 1.54) is 0 Å². The quantitative estimate of drug-likeness (QED) is 0.675. The van der Waals surface area contributed by atoms with Crippen molar-refractivity contribution in [3.63, 3.8) is 0 Å². The highest BCUT2D eigenvalue weighted by molar-refractivity contribution is 6.31. The molecule has 2 N–H and O–H groups in total. The van der Waals surface area contributed by atoms with Crippen LogP contribution in [0.1, 0.15) is 49.3 Å². The Balaban J connectivity index is 1.98. The molecule has 0 amide bonds. The summed E-state index contributed by atoms with van der Waals surface area (Å²) in [5, 5.41) is 11.0. The van der Waals surface area contributed by atoms with Crippen LogP contribution < -0.4 is 5.73 Å². The average molecular weight is 408 g/mol. The number of aromatic nitrogens is 1. The smallest absolute Gasteiger partial charge is 0.205 e. The summed E-state index contributed by atoms with van der Waals surface area (Å²) < 4.78 is 5.74. The molecular formula is C23H22ClN3O2. The average Bonchev–Trinajstić information content (AvgIpc) is 2.63. The summed E-state index contributed by atoms with van der Waals surface area (Å²) in [5.41, 5.74) is 10.1. The van der Waals surface area contributed by atoms with Crippen molar-refractivity contribution in [3.8, 4) is 6.07 Å². The maximum Gasteiger partial charge on any atom is 0.205 e. The minimum absolute atomic E-state index is 0.0259. The maximum absolute atomic E-state index is 13.1. The Morgan fingerprint density at radius 3 is 2.72 bits per heavy atom. The molecule has 29 heavy (non-hydrogen) atoms. The van der Waals surface area contributed by atoms with E-state index in [9.17, 15) is 10.1 Å². The maximum atomic E-state index is 13.1. The first kappa shape index (κ1) is 19.5. The highest BCUT2D eigenvalue weighted by Gasteiger charge is 2.43. The first-order valence-electron chi connectivity index (χ1n) is 9.53. The zero-order chi connectivity index (χ0) is 21.1. The van der Waals surface area contributed by atoms with Crippen molar-refractivity contribution in [1.82, 2.24) is 4.98 Å². The van der Waals surface area contributed by atoms with Crippen LogP contribution in [0, 0.1) is 30.6 Å². The SMILES string of the molecule is Cc1ccc2cc([C@H]3C(C#N)=C(N)OC4=C3C(=O)CC(C)(C)C4)c(Cl)nc2c1C. The third-order valence-electron chi connectivity index (χ3n) is 5.88. The molecule has 0 saturated heterocycles. The molecule has 0 fully saturated rings. The number of rotatable bonds is 1. The molecule has 1 aromatic carbocycles. The van der Waals surface area contributed by atoms with E-state index < -0.39 is 5.92 Å². The van der Waals surface area contributed by atoms with E-state index in [1.54, 1.807) is 0 Å². The number of nitriles is 1. The van der Waals surface area contributed by atoms with E-state index in [1.807, 2.05) is 45.9 Å². The second-order valence-electron chi connectivity index (χ2n) is 8.65. The fraction of sp³-hybridized carbons (Fsp3) is 0.348. The fourth-order valence-corrected chi connectivity index (χ4v) is 4.52. The molecule has 6 heteroatoms. The molecule has 2 aliphatic rings. The van der Waals surface area contributed by atoms with Gasteiger partial charge in [-0.15, -0.1) is 0 Å². The Hall–Kier alpha value is -2.84. The van der Waals surface area contributed by atoms with E-state index in [2.05, 4.69) is 11.1 Å². The predicted molar refractivity (Wildman–Crippen MR) is 112 cm³/mol. The number of Topliss-reactive ketones (excluding diaryl/α,β-unsaturated/α-hetero) is 1. The van der Waals surface area contributed by atoms with Crippen molar-refractivity contribution >= 4 is 28.3 Å². The minimum Gasteiger partial charge on any atom is -0.444 e. The van der Waals surface area contributed by atoms with E-state index >= 15 is 0 Å². The number of halogens is 1. The lowest BCUT2D eigenvalue weighted by molar-refractivity contribution is -0.119. The summed E-state index contributed by atoms with van der Waals surface area (Å²) in [6.45, 7) is 8.06. The lowest BCUT2D eigenvalue weighted by Gasteiger charge is -2.37. The van der Waals surface area contributed by atoms with Gasteiger partial charge in [-0.2, -0.15) is 5.26 Å². The van der Waals surface area contributed by atoms with Gasteiger partial charge in [-0.05, 0) is 36.5 Å². The van der Waals surface area contributed by atoms with Gasteiger partial charge in [0, 0.05) is 29.4 Å². The summed E-state index contributed by atoms with van der Waals surface area (Å²) in [6.07, 6.45) is 0.947. The monoisotopic (exact) mass is 407 g/mol. The third kappa shape index (κ3) is 3.08. The molecule has 2 heterocycles. The number of allylic oxidation sites excluding steroid dienone is 3. The van der Waals surface area contributed by atoms with Gasteiger partial charge in [0.15, 0.2) is 5.78 Å². The number of nitrogens with two attached hydrogens (primary N) is 1. The molecule has 0 spiro atoms. The molecule has 148 valence electrons. The van der Waals surface area contributed by atoms with Crippen LogP contribution in [0.25, 0.3) is 10.9 Å². The number of hydrogen-bond donors (Lipinski definition) is 1. The first-order chi connectivity index (χ1) is 13.6. The molecule has 0 saturated carbocycles. The summed E-state index contributed by atoms with van der Waals surface area (Å²) >= 11 is 6.61. The highest BCUT2D eigenvalue weighted by Crippen LogP contribution is 2.49. The lowest BCUT2D eigenvalue weighted by Crippen LogP contribution is -2.33. The van der Waals surface area contributed by atoms with Crippen LogP contribution in [0.4, 0.5) is 0 Å². The number of nitrogens with zero attached hydrogens (tertiary/aromatic N) is 2. The summed E-state index contributed by atoms with van der Waals surface area (Å²) in [6, 6.07) is 8.04. The Labute approximate surface area is 174 Å². The molecule has 1 aromatic heterocycles. The van der Waals surface area contributed by atoms with E-state index in [0.717, 1.165) is 22.0 Å². The first-order valence-corrected chi connectivity index (χ1v) is 9.91. The number of carbonyl (C=O) groups is 1. The molecule has 0 radical (unpaired) electrons. The van der Waals surface area contributed by atoms with Crippen LogP contribution >= 0.6 is 11.6 Å². The van der Waals surface area contributed by atoms with Crippen LogP contribution in [-0.4, -0.2) is 10.8 Å². The highest BCUT2D eigenvalue weighted by atomic mass is 35.5.